The smallest absolute Gasteiger partial charge is 0.233 e. The van der Waals surface area contributed by atoms with Crippen molar-refractivity contribution in [3.05, 3.63) is 95.8 Å². The Kier molecular flexibility index (Phi) is 8.09. The molecular formula is C27H29N5OS. The summed E-state index contributed by atoms with van der Waals surface area (Å²) in [5.74, 6) is 1.19. The summed E-state index contributed by atoms with van der Waals surface area (Å²) in [4.78, 5) is 19.2. The van der Waals surface area contributed by atoms with Gasteiger partial charge in [-0.2, -0.15) is 0 Å². The molecule has 2 aromatic heterocycles. The zero-order valence-corrected chi connectivity index (χ0v) is 20.4. The van der Waals surface area contributed by atoms with E-state index in [2.05, 4.69) is 70.0 Å². The molecule has 1 amide bonds. The number of benzene rings is 2. The average Bonchev–Trinajstić information content (AvgIpc) is 3.27. The van der Waals surface area contributed by atoms with Crippen LogP contribution in [0.2, 0.25) is 0 Å². The van der Waals surface area contributed by atoms with Gasteiger partial charge in [0.05, 0.1) is 12.3 Å². The van der Waals surface area contributed by atoms with Crippen molar-refractivity contribution in [1.82, 2.24) is 24.6 Å². The third-order valence-corrected chi connectivity index (χ3v) is 6.46. The number of thioether (sulfide) groups is 1. The molecule has 0 bridgehead atoms. The van der Waals surface area contributed by atoms with E-state index in [1.54, 1.807) is 12.4 Å². The first-order valence-electron chi connectivity index (χ1n) is 11.5. The molecule has 4 rings (SSSR count). The lowest BCUT2D eigenvalue weighted by Gasteiger charge is -2.22. The Morgan fingerprint density at radius 2 is 1.68 bits per heavy atom. The van der Waals surface area contributed by atoms with E-state index in [9.17, 15) is 4.79 Å². The molecule has 0 saturated heterocycles. The number of aromatic nitrogens is 4. The van der Waals surface area contributed by atoms with Crippen LogP contribution >= 0.6 is 11.8 Å². The Morgan fingerprint density at radius 1 is 0.941 bits per heavy atom. The molecule has 6 nitrogen and oxygen atoms in total. The average molecular weight is 472 g/mol. The van der Waals surface area contributed by atoms with E-state index >= 15 is 0 Å². The van der Waals surface area contributed by atoms with Gasteiger partial charge in [0.25, 0.3) is 0 Å². The maximum absolute atomic E-state index is 13.2. The SMILES string of the molecule is CCCN(Cc1ccc(C)cc1)C(=O)CSc1nnc(-c2ccncc2)n1Cc1ccccc1. The monoisotopic (exact) mass is 471 g/mol. The van der Waals surface area contributed by atoms with Gasteiger partial charge >= 0.3 is 0 Å². The summed E-state index contributed by atoms with van der Waals surface area (Å²) in [7, 11) is 0. The van der Waals surface area contributed by atoms with Crippen LogP contribution in [-0.2, 0) is 17.9 Å². The minimum absolute atomic E-state index is 0.104. The van der Waals surface area contributed by atoms with Crippen molar-refractivity contribution in [1.29, 1.82) is 0 Å². The van der Waals surface area contributed by atoms with Gasteiger partial charge in [-0.05, 0) is 36.6 Å². The summed E-state index contributed by atoms with van der Waals surface area (Å²) in [6.07, 6.45) is 4.42. The van der Waals surface area contributed by atoms with Crippen LogP contribution in [-0.4, -0.2) is 42.9 Å². The topological polar surface area (TPSA) is 63.9 Å². The number of hydrogen-bond donors (Lipinski definition) is 0. The summed E-state index contributed by atoms with van der Waals surface area (Å²) in [5.41, 5.74) is 4.46. The fourth-order valence-corrected chi connectivity index (χ4v) is 4.55. The standard InChI is InChI=1S/C27H29N5OS/c1-3-17-31(18-23-11-9-21(2)10-12-23)25(33)20-34-27-30-29-26(24-13-15-28-16-14-24)32(27)19-22-7-5-4-6-8-22/h4-16H,3,17-20H2,1-2H3. The van der Waals surface area contributed by atoms with Gasteiger partial charge in [-0.1, -0.05) is 78.8 Å². The molecule has 0 radical (unpaired) electrons. The molecule has 174 valence electrons. The van der Waals surface area contributed by atoms with Crippen LogP contribution in [0.1, 0.15) is 30.0 Å². The highest BCUT2D eigenvalue weighted by Crippen LogP contribution is 2.25. The Labute approximate surface area is 205 Å². The van der Waals surface area contributed by atoms with Crippen molar-refractivity contribution in [2.45, 2.75) is 38.5 Å². The van der Waals surface area contributed by atoms with Crippen LogP contribution in [0.25, 0.3) is 11.4 Å². The first-order chi connectivity index (χ1) is 16.6. The number of carbonyl (C=O) groups is 1. The van der Waals surface area contributed by atoms with Gasteiger partial charge in [0.15, 0.2) is 11.0 Å². The molecule has 0 atom stereocenters. The first kappa shape index (κ1) is 23.7. The zero-order valence-electron chi connectivity index (χ0n) is 19.6. The van der Waals surface area contributed by atoms with E-state index in [0.717, 1.165) is 40.6 Å². The van der Waals surface area contributed by atoms with Crippen LogP contribution in [0.3, 0.4) is 0 Å². The maximum atomic E-state index is 13.2. The molecule has 0 aliphatic rings. The van der Waals surface area contributed by atoms with E-state index in [4.69, 9.17) is 0 Å². The van der Waals surface area contributed by atoms with Crippen LogP contribution in [0, 0.1) is 6.92 Å². The third-order valence-electron chi connectivity index (χ3n) is 5.50. The van der Waals surface area contributed by atoms with Crippen molar-refractivity contribution in [2.75, 3.05) is 12.3 Å². The van der Waals surface area contributed by atoms with Gasteiger partial charge in [-0.3, -0.25) is 14.3 Å². The molecule has 0 N–H and O–H groups in total. The van der Waals surface area contributed by atoms with Gasteiger partial charge in [-0.15, -0.1) is 10.2 Å². The molecule has 0 aliphatic carbocycles. The summed E-state index contributed by atoms with van der Waals surface area (Å²) in [6.45, 7) is 6.14. The normalized spacial score (nSPS) is 10.9. The molecule has 0 spiro atoms. The van der Waals surface area contributed by atoms with Crippen molar-refractivity contribution < 1.29 is 4.79 Å². The molecular weight excluding hydrogens is 442 g/mol. The maximum Gasteiger partial charge on any atom is 0.233 e. The molecule has 2 heterocycles. The lowest BCUT2D eigenvalue weighted by Crippen LogP contribution is -2.32. The fraction of sp³-hybridized carbons (Fsp3) is 0.259. The summed E-state index contributed by atoms with van der Waals surface area (Å²) < 4.78 is 2.08. The van der Waals surface area contributed by atoms with E-state index in [1.807, 2.05) is 35.2 Å². The molecule has 0 unspecified atom stereocenters. The number of rotatable bonds is 10. The lowest BCUT2D eigenvalue weighted by atomic mass is 10.1. The second-order valence-corrected chi connectivity index (χ2v) is 9.15. The van der Waals surface area contributed by atoms with Crippen molar-refractivity contribution in [3.63, 3.8) is 0 Å². The number of aryl methyl sites for hydroxylation is 1. The number of nitrogens with zero attached hydrogens (tertiary/aromatic N) is 5. The highest BCUT2D eigenvalue weighted by Gasteiger charge is 2.19. The minimum atomic E-state index is 0.104. The quantitative estimate of drug-likeness (QED) is 0.297. The zero-order chi connectivity index (χ0) is 23.8. The van der Waals surface area contributed by atoms with Crippen molar-refractivity contribution >= 4 is 17.7 Å². The highest BCUT2D eigenvalue weighted by atomic mass is 32.2. The van der Waals surface area contributed by atoms with Crippen molar-refractivity contribution in [3.8, 4) is 11.4 Å². The van der Waals surface area contributed by atoms with E-state index in [1.165, 1.54) is 17.3 Å². The molecule has 34 heavy (non-hydrogen) atoms. The van der Waals surface area contributed by atoms with Crippen LogP contribution < -0.4 is 0 Å². The fourth-order valence-electron chi connectivity index (χ4n) is 3.71. The summed E-state index contributed by atoms with van der Waals surface area (Å²) in [5, 5.41) is 9.63. The number of amides is 1. The largest absolute Gasteiger partial charge is 0.338 e. The van der Waals surface area contributed by atoms with E-state index in [0.29, 0.717) is 18.8 Å². The van der Waals surface area contributed by atoms with Crippen LogP contribution in [0.4, 0.5) is 0 Å². The first-order valence-corrected chi connectivity index (χ1v) is 12.5. The summed E-state index contributed by atoms with van der Waals surface area (Å²) >= 11 is 1.44. The van der Waals surface area contributed by atoms with Gasteiger partial charge < -0.3 is 4.90 Å². The molecule has 2 aromatic carbocycles. The highest BCUT2D eigenvalue weighted by molar-refractivity contribution is 7.99. The molecule has 0 saturated carbocycles. The Balaban J connectivity index is 1.52. The van der Waals surface area contributed by atoms with Crippen LogP contribution in [0.5, 0.6) is 0 Å². The Hall–Kier alpha value is -3.45. The minimum Gasteiger partial charge on any atom is -0.338 e. The van der Waals surface area contributed by atoms with Crippen LogP contribution in [0.15, 0.2) is 84.3 Å². The van der Waals surface area contributed by atoms with Crippen molar-refractivity contribution in [2.24, 2.45) is 0 Å². The van der Waals surface area contributed by atoms with Gasteiger partial charge in [0, 0.05) is 31.0 Å². The Bertz CT molecular complexity index is 1190. The van der Waals surface area contributed by atoms with Gasteiger partial charge in [0.1, 0.15) is 0 Å². The number of hydrogen-bond acceptors (Lipinski definition) is 5. The summed E-state index contributed by atoms with van der Waals surface area (Å²) in [6, 6.07) is 22.4. The molecule has 4 aromatic rings. The van der Waals surface area contributed by atoms with Gasteiger partial charge in [0.2, 0.25) is 5.91 Å². The predicted octanol–water partition coefficient (Wildman–Crippen LogP) is 5.23. The molecule has 0 aliphatic heterocycles. The molecule has 7 heteroatoms. The van der Waals surface area contributed by atoms with E-state index < -0.39 is 0 Å². The Morgan fingerprint density at radius 3 is 2.38 bits per heavy atom. The lowest BCUT2D eigenvalue weighted by molar-refractivity contribution is -0.129. The molecule has 0 fully saturated rings. The number of carbonyl (C=O) groups excluding carboxylic acids is 1. The van der Waals surface area contributed by atoms with E-state index in [-0.39, 0.29) is 5.91 Å². The predicted molar refractivity (Wildman–Crippen MR) is 136 cm³/mol. The van der Waals surface area contributed by atoms with Gasteiger partial charge in [-0.25, -0.2) is 0 Å². The third kappa shape index (κ3) is 6.11. The second-order valence-electron chi connectivity index (χ2n) is 8.20. The second kappa shape index (κ2) is 11.6. The number of pyridine rings is 1.